The molecule has 0 aliphatic heterocycles. The molecule has 44 heavy (non-hydrogen) atoms. The first-order chi connectivity index (χ1) is 20.1. The lowest BCUT2D eigenvalue weighted by Crippen LogP contribution is -2.41. The molecule has 0 radical (unpaired) electrons. The maximum Gasteiger partial charge on any atom is 0.435 e. The minimum atomic E-state index is -4.75. The molecular formula is C29H37F6N5O3Si. The molecule has 15 heteroatoms. The smallest absolute Gasteiger partial charge is 0.435 e. The lowest BCUT2D eigenvalue weighted by molar-refractivity contribution is -0.142. The third-order valence-electron chi connectivity index (χ3n) is 7.65. The summed E-state index contributed by atoms with van der Waals surface area (Å²) in [5.74, 6) is -0.582. The van der Waals surface area contributed by atoms with Gasteiger partial charge in [0, 0.05) is 31.6 Å². The summed E-state index contributed by atoms with van der Waals surface area (Å²) < 4.78 is 93.8. The molecule has 0 aliphatic carbocycles. The van der Waals surface area contributed by atoms with E-state index >= 15 is 0 Å². The molecule has 242 valence electrons. The van der Waals surface area contributed by atoms with Crippen LogP contribution in [0, 0.1) is 13.8 Å². The SMILES string of the molecule is Cc1cc(CCC(=O)Cc2cc(C(F)(F)F)nc(OCCO[Si](C)(C)C(C)(C)C)c2C)nnc1-c1cn(C)nc1C(F)(F)F. The van der Waals surface area contributed by atoms with Crippen molar-refractivity contribution in [2.24, 2.45) is 7.05 Å². The zero-order valence-corrected chi connectivity index (χ0v) is 27.0. The number of hydrogen-bond donors (Lipinski definition) is 0. The number of pyridine rings is 1. The summed E-state index contributed by atoms with van der Waals surface area (Å²) in [7, 11) is -0.720. The zero-order valence-electron chi connectivity index (χ0n) is 26.0. The van der Waals surface area contributed by atoms with Crippen molar-refractivity contribution in [3.63, 3.8) is 0 Å². The third-order valence-corrected chi connectivity index (χ3v) is 12.2. The van der Waals surface area contributed by atoms with Gasteiger partial charge < -0.3 is 9.16 Å². The molecule has 3 rings (SSSR count). The Morgan fingerprint density at radius 2 is 1.64 bits per heavy atom. The molecule has 0 amide bonds. The summed E-state index contributed by atoms with van der Waals surface area (Å²) in [5, 5.41) is 11.4. The van der Waals surface area contributed by atoms with E-state index in [0.29, 0.717) is 16.8 Å². The molecule has 3 heterocycles. The number of nitrogens with zero attached hydrogens (tertiary/aromatic N) is 5. The average Bonchev–Trinajstić information content (AvgIpc) is 3.28. The monoisotopic (exact) mass is 645 g/mol. The summed E-state index contributed by atoms with van der Waals surface area (Å²) in [6.45, 7) is 13.6. The van der Waals surface area contributed by atoms with Gasteiger partial charge in [-0.2, -0.15) is 36.5 Å². The molecule has 3 aromatic rings. The van der Waals surface area contributed by atoms with E-state index in [1.165, 1.54) is 19.3 Å². The maximum absolute atomic E-state index is 13.6. The van der Waals surface area contributed by atoms with Gasteiger partial charge in [-0.15, -0.1) is 5.10 Å². The van der Waals surface area contributed by atoms with Crippen molar-refractivity contribution in [3.8, 4) is 17.1 Å². The molecule has 0 aliphatic rings. The fourth-order valence-electron chi connectivity index (χ4n) is 4.13. The van der Waals surface area contributed by atoms with E-state index in [9.17, 15) is 31.1 Å². The van der Waals surface area contributed by atoms with Gasteiger partial charge in [-0.05, 0) is 61.7 Å². The second-order valence-corrected chi connectivity index (χ2v) is 17.0. The first kappa shape index (κ1) is 35.1. The first-order valence-electron chi connectivity index (χ1n) is 13.9. The predicted molar refractivity (Wildman–Crippen MR) is 154 cm³/mol. The van der Waals surface area contributed by atoms with Gasteiger partial charge in [0.05, 0.1) is 23.6 Å². The minimum absolute atomic E-state index is 0.00737. The number of hydrogen-bond acceptors (Lipinski definition) is 7. The van der Waals surface area contributed by atoms with Gasteiger partial charge in [-0.25, -0.2) is 4.98 Å². The molecule has 3 aromatic heterocycles. The number of alkyl halides is 6. The van der Waals surface area contributed by atoms with E-state index in [1.54, 1.807) is 13.8 Å². The van der Waals surface area contributed by atoms with E-state index < -0.39 is 32.1 Å². The number of carbonyl (C=O) groups excluding carboxylic acids is 1. The highest BCUT2D eigenvalue weighted by Gasteiger charge is 2.39. The van der Waals surface area contributed by atoms with Crippen LogP contribution in [0.1, 0.15) is 61.0 Å². The second kappa shape index (κ2) is 13.0. The summed E-state index contributed by atoms with van der Waals surface area (Å²) in [6, 6.07) is 2.37. The molecule has 0 aromatic carbocycles. The van der Waals surface area contributed by atoms with E-state index in [0.717, 1.165) is 10.7 Å². The summed E-state index contributed by atoms with van der Waals surface area (Å²) in [4.78, 5) is 16.5. The lowest BCUT2D eigenvalue weighted by atomic mass is 10.00. The fraction of sp³-hybridized carbons (Fsp3) is 0.552. The Morgan fingerprint density at radius 3 is 2.20 bits per heavy atom. The molecule has 0 unspecified atom stereocenters. The normalized spacial score (nSPS) is 13.0. The van der Waals surface area contributed by atoms with Crippen molar-refractivity contribution in [2.75, 3.05) is 13.2 Å². The van der Waals surface area contributed by atoms with Gasteiger partial charge in [0.1, 0.15) is 18.1 Å². The van der Waals surface area contributed by atoms with E-state index in [1.807, 2.05) is 0 Å². The highest BCUT2D eigenvalue weighted by atomic mass is 28.4. The Bertz CT molecular complexity index is 1500. The van der Waals surface area contributed by atoms with Crippen LogP contribution in [-0.2, 0) is 41.5 Å². The van der Waals surface area contributed by atoms with Crippen LogP contribution in [0.4, 0.5) is 26.3 Å². The van der Waals surface area contributed by atoms with Crippen LogP contribution in [-0.4, -0.2) is 52.3 Å². The maximum atomic E-state index is 13.6. The van der Waals surface area contributed by atoms with Crippen molar-refractivity contribution >= 4 is 14.1 Å². The standard InChI is InChI=1S/C29H37F6N5O3Si/c1-17-13-20(37-38-24(17)22-16-40(6)39-25(22)29(33,34)35)9-10-21(41)14-19-15-23(28(30,31)32)36-26(18(19)2)42-11-12-43-44(7,8)27(3,4)5/h13,15-16H,9-12,14H2,1-8H3. The van der Waals surface area contributed by atoms with Crippen LogP contribution in [0.25, 0.3) is 11.3 Å². The van der Waals surface area contributed by atoms with Gasteiger partial charge >= 0.3 is 12.4 Å². The van der Waals surface area contributed by atoms with Crippen molar-refractivity contribution in [1.29, 1.82) is 0 Å². The molecule has 0 atom stereocenters. The minimum Gasteiger partial charge on any atom is -0.475 e. The number of ketones is 1. The van der Waals surface area contributed by atoms with Gasteiger partial charge in [0.15, 0.2) is 14.0 Å². The molecule has 0 N–H and O–H groups in total. The van der Waals surface area contributed by atoms with Gasteiger partial charge in [0.2, 0.25) is 5.88 Å². The number of Topliss-reactive ketones (excluding diaryl/α,β-unsaturated/α-hetero) is 1. The Labute approximate surface area is 253 Å². The van der Waals surface area contributed by atoms with Crippen LogP contribution in [0.5, 0.6) is 5.88 Å². The topological polar surface area (TPSA) is 92.0 Å². The van der Waals surface area contributed by atoms with E-state index in [4.69, 9.17) is 9.16 Å². The van der Waals surface area contributed by atoms with Gasteiger partial charge in [0.25, 0.3) is 0 Å². The average molecular weight is 646 g/mol. The highest BCUT2D eigenvalue weighted by Crippen LogP contribution is 2.38. The third kappa shape index (κ3) is 8.64. The molecular weight excluding hydrogens is 608 g/mol. The highest BCUT2D eigenvalue weighted by molar-refractivity contribution is 6.74. The number of aromatic nitrogens is 5. The number of aryl methyl sites for hydroxylation is 3. The molecule has 0 spiro atoms. The van der Waals surface area contributed by atoms with Crippen molar-refractivity contribution in [1.82, 2.24) is 25.0 Å². The van der Waals surface area contributed by atoms with Crippen LogP contribution < -0.4 is 4.74 Å². The molecule has 0 saturated heterocycles. The number of ether oxygens (including phenoxy) is 1. The Kier molecular flexibility index (Phi) is 10.3. The molecule has 0 bridgehead atoms. The Hall–Kier alpha value is -3.33. The number of carbonyl (C=O) groups is 1. The predicted octanol–water partition coefficient (Wildman–Crippen LogP) is 7.07. The summed E-state index contributed by atoms with van der Waals surface area (Å²) in [5.41, 5.74) is -1.26. The lowest BCUT2D eigenvalue weighted by Gasteiger charge is -2.36. The molecule has 0 fully saturated rings. The van der Waals surface area contributed by atoms with Crippen molar-refractivity contribution < 1.29 is 40.3 Å². The molecule has 8 nitrogen and oxygen atoms in total. The Balaban J connectivity index is 1.71. The van der Waals surface area contributed by atoms with Crippen LogP contribution in [0.3, 0.4) is 0 Å². The number of rotatable bonds is 11. The van der Waals surface area contributed by atoms with Crippen molar-refractivity contribution in [3.05, 3.63) is 52.1 Å². The van der Waals surface area contributed by atoms with Crippen molar-refractivity contribution in [2.45, 2.75) is 84.4 Å². The van der Waals surface area contributed by atoms with Crippen LogP contribution in [0.15, 0.2) is 18.3 Å². The Morgan fingerprint density at radius 1 is 0.977 bits per heavy atom. The van der Waals surface area contributed by atoms with E-state index in [2.05, 4.69) is 54.1 Å². The largest absolute Gasteiger partial charge is 0.475 e. The van der Waals surface area contributed by atoms with Crippen LogP contribution in [0.2, 0.25) is 18.1 Å². The quantitative estimate of drug-likeness (QED) is 0.125. The van der Waals surface area contributed by atoms with Gasteiger partial charge in [-0.3, -0.25) is 9.48 Å². The summed E-state index contributed by atoms with van der Waals surface area (Å²) >= 11 is 0. The fourth-order valence-corrected chi connectivity index (χ4v) is 5.15. The number of halogens is 6. The summed E-state index contributed by atoms with van der Waals surface area (Å²) in [6.07, 6.45) is -8.52. The first-order valence-corrected chi connectivity index (χ1v) is 16.8. The van der Waals surface area contributed by atoms with Crippen LogP contribution >= 0.6 is 0 Å². The second-order valence-electron chi connectivity index (χ2n) is 12.2. The molecule has 0 saturated carbocycles. The van der Waals surface area contributed by atoms with Gasteiger partial charge in [-0.1, -0.05) is 20.8 Å². The zero-order chi connectivity index (χ0) is 33.3. The van der Waals surface area contributed by atoms with E-state index in [-0.39, 0.29) is 66.0 Å².